The lowest BCUT2D eigenvalue weighted by atomic mass is 9.73. The second kappa shape index (κ2) is 19.5. The molecule has 2 aliphatic heterocycles. The Morgan fingerprint density at radius 2 is 1.67 bits per heavy atom. The Hall–Kier alpha value is -2.85. The maximum Gasteiger partial charge on any atom is 0.312 e. The van der Waals surface area contributed by atoms with Crippen LogP contribution in [0.5, 0.6) is 0 Å². The Morgan fingerprint density at radius 1 is 1.05 bits per heavy atom. The fraction of sp³-hybridized carbons (Fsp3) is 0.756. The monoisotopic (exact) mass is 779 g/mol. The third-order valence-corrected chi connectivity index (χ3v) is 11.4. The van der Waals surface area contributed by atoms with Crippen molar-refractivity contribution in [1.29, 1.82) is 0 Å². The predicted molar refractivity (Wildman–Crippen MR) is 207 cm³/mol. The summed E-state index contributed by atoms with van der Waals surface area (Å²) in [6, 6.07) is 5.15. The van der Waals surface area contributed by atoms with Gasteiger partial charge in [-0.2, -0.15) is 10.2 Å². The van der Waals surface area contributed by atoms with Gasteiger partial charge in [0.25, 0.3) is 0 Å². The maximum absolute atomic E-state index is 14.2. The molecule has 0 bridgehead atoms. The molecule has 3 N–H and O–H groups in total. The number of aliphatic hydroxyl groups excluding tert-OH is 2. The average molecular weight is 780 g/mol. The molecular formula is C41H66FN3O10. The molecule has 1 aromatic carbocycles. The summed E-state index contributed by atoms with van der Waals surface area (Å²) in [5.41, 5.74) is -1.53. The number of ether oxygens (including phenoxy) is 5. The van der Waals surface area contributed by atoms with Crippen LogP contribution in [0.4, 0.5) is 4.39 Å². The largest absolute Gasteiger partial charge is 0.461 e. The van der Waals surface area contributed by atoms with E-state index in [1.807, 2.05) is 39.8 Å². The molecule has 2 aliphatic rings. The highest BCUT2D eigenvalue weighted by molar-refractivity contribution is 5.90. The summed E-state index contributed by atoms with van der Waals surface area (Å²) >= 11 is 0. The first kappa shape index (κ1) is 46.5. The van der Waals surface area contributed by atoms with E-state index in [-0.39, 0.29) is 31.4 Å². The first-order chi connectivity index (χ1) is 25.6. The lowest BCUT2D eigenvalue weighted by Crippen LogP contribution is -2.60. The summed E-state index contributed by atoms with van der Waals surface area (Å²) in [6.07, 6.45) is -6.58. The summed E-state index contributed by atoms with van der Waals surface area (Å²) in [5.74, 6) is -5.06. The fourth-order valence-electron chi connectivity index (χ4n) is 8.10. The van der Waals surface area contributed by atoms with Crippen LogP contribution in [0, 0.1) is 29.5 Å². The molecule has 2 saturated heterocycles. The van der Waals surface area contributed by atoms with Crippen molar-refractivity contribution in [3.8, 4) is 0 Å². The number of benzene rings is 1. The van der Waals surface area contributed by atoms with Gasteiger partial charge in [0, 0.05) is 36.4 Å². The summed E-state index contributed by atoms with van der Waals surface area (Å²) in [4.78, 5) is 29.8. The Labute approximate surface area is 326 Å². The Kier molecular flexibility index (Phi) is 16.5. The lowest BCUT2D eigenvalue weighted by molar-refractivity contribution is -0.301. The van der Waals surface area contributed by atoms with E-state index in [4.69, 9.17) is 23.7 Å². The Balaban J connectivity index is 2.27. The van der Waals surface area contributed by atoms with Gasteiger partial charge in [0.2, 0.25) is 0 Å². The average Bonchev–Trinajstić information content (AvgIpc) is 3.11. The van der Waals surface area contributed by atoms with Crippen molar-refractivity contribution in [2.24, 2.45) is 33.9 Å². The van der Waals surface area contributed by atoms with E-state index in [0.29, 0.717) is 23.4 Å². The van der Waals surface area contributed by atoms with Gasteiger partial charge in [-0.3, -0.25) is 9.59 Å². The van der Waals surface area contributed by atoms with Gasteiger partial charge in [0.15, 0.2) is 6.29 Å². The molecule has 1 aromatic rings. The van der Waals surface area contributed by atoms with E-state index in [1.54, 1.807) is 41.5 Å². The summed E-state index contributed by atoms with van der Waals surface area (Å²) in [7, 11) is 5.27. The second-order valence-corrected chi connectivity index (χ2v) is 16.5. The van der Waals surface area contributed by atoms with Crippen molar-refractivity contribution in [3.05, 3.63) is 35.6 Å². The minimum atomic E-state index is -1.93. The van der Waals surface area contributed by atoms with Crippen LogP contribution >= 0.6 is 0 Å². The van der Waals surface area contributed by atoms with Crippen molar-refractivity contribution in [1.82, 2.24) is 4.90 Å². The van der Waals surface area contributed by atoms with Gasteiger partial charge < -0.3 is 43.9 Å². The SMILES string of the molecule is CCC1OC(=O)C(C)C(OC(=O)Cc2ccc(F)cc2)C(C)C(OC2OC(C)CC(N(C)C)C2O)C(C)(OC)CC(C)C(=NN=C(C)C)C(C)C(O)C1(C)O. The van der Waals surface area contributed by atoms with E-state index in [2.05, 4.69) is 10.2 Å². The minimum Gasteiger partial charge on any atom is -0.461 e. The zero-order valence-electron chi connectivity index (χ0n) is 35.0. The maximum atomic E-state index is 14.2. The fourth-order valence-corrected chi connectivity index (χ4v) is 8.10. The van der Waals surface area contributed by atoms with Crippen LogP contribution in [0.2, 0.25) is 0 Å². The minimum absolute atomic E-state index is 0.156. The van der Waals surface area contributed by atoms with Crippen LogP contribution in [0.1, 0.15) is 94.1 Å². The number of carbonyl (C=O) groups excluding carboxylic acids is 2. The number of hydrogen-bond donors (Lipinski definition) is 3. The van der Waals surface area contributed by atoms with Gasteiger partial charge >= 0.3 is 11.9 Å². The van der Waals surface area contributed by atoms with Gasteiger partial charge in [-0.1, -0.05) is 39.8 Å². The number of likely N-dealkylation sites (N-methyl/N-ethyl adjacent to an activating group) is 1. The summed E-state index contributed by atoms with van der Waals surface area (Å²) < 4.78 is 45.3. The number of aliphatic hydroxyl groups is 3. The van der Waals surface area contributed by atoms with Gasteiger partial charge in [-0.15, -0.1) is 0 Å². The summed E-state index contributed by atoms with van der Waals surface area (Å²) in [5, 5.41) is 44.2. The number of halogens is 1. The third-order valence-electron chi connectivity index (χ3n) is 11.4. The predicted octanol–water partition coefficient (Wildman–Crippen LogP) is 4.71. The van der Waals surface area contributed by atoms with E-state index in [1.165, 1.54) is 38.3 Å². The Morgan fingerprint density at radius 3 is 2.22 bits per heavy atom. The smallest absolute Gasteiger partial charge is 0.312 e. The topological polar surface area (TPSA) is 169 Å². The van der Waals surface area contributed by atoms with Crippen LogP contribution < -0.4 is 0 Å². The van der Waals surface area contributed by atoms with Crippen LogP contribution in [-0.4, -0.2) is 125 Å². The molecule has 2 heterocycles. The molecule has 14 atom stereocenters. The van der Waals surface area contributed by atoms with Crippen LogP contribution in [0.15, 0.2) is 34.5 Å². The zero-order valence-corrected chi connectivity index (χ0v) is 35.0. The van der Waals surface area contributed by atoms with Crippen molar-refractivity contribution < 1.29 is 53.0 Å². The molecule has 3 rings (SSSR count). The highest BCUT2D eigenvalue weighted by atomic mass is 19.1. The number of methoxy groups -OCH3 is 1. The van der Waals surface area contributed by atoms with Crippen molar-refractivity contribution in [2.75, 3.05) is 21.2 Å². The molecule has 0 amide bonds. The molecule has 14 heteroatoms. The van der Waals surface area contributed by atoms with E-state index < -0.39 is 89.4 Å². The number of rotatable bonds is 9. The lowest BCUT2D eigenvalue weighted by Gasteiger charge is -2.48. The molecule has 312 valence electrons. The van der Waals surface area contributed by atoms with E-state index in [0.717, 1.165) is 0 Å². The molecule has 0 aliphatic carbocycles. The normalized spacial score (nSPS) is 38.9. The summed E-state index contributed by atoms with van der Waals surface area (Å²) in [6.45, 7) is 17.5. The number of nitrogens with zero attached hydrogens (tertiary/aromatic N) is 3. The number of esters is 2. The first-order valence-corrected chi connectivity index (χ1v) is 19.4. The highest BCUT2D eigenvalue weighted by Crippen LogP contribution is 2.40. The van der Waals surface area contributed by atoms with Gasteiger partial charge in [-0.05, 0) is 98.5 Å². The van der Waals surface area contributed by atoms with Crippen LogP contribution in [0.25, 0.3) is 0 Å². The molecule has 0 aromatic heterocycles. The molecule has 13 nitrogen and oxygen atoms in total. The Bertz CT molecular complexity index is 1480. The zero-order chi connectivity index (χ0) is 41.6. The van der Waals surface area contributed by atoms with Crippen LogP contribution in [-0.2, 0) is 39.7 Å². The molecule has 0 spiro atoms. The number of carbonyl (C=O) groups is 2. The molecule has 14 unspecified atom stereocenters. The first-order valence-electron chi connectivity index (χ1n) is 19.4. The highest BCUT2D eigenvalue weighted by Gasteiger charge is 2.52. The van der Waals surface area contributed by atoms with Gasteiger partial charge in [-0.25, -0.2) is 4.39 Å². The molecule has 0 saturated carbocycles. The second-order valence-electron chi connectivity index (χ2n) is 16.5. The standard InChI is InChI=1S/C41H66FN3O10/c1-14-31-41(10,50)36(48)25(6)33(44-43-22(2)3)23(4)21-40(9,51-13)37(55-39-34(47)30(45(11)12)19-24(5)52-39)26(7)35(27(8)38(49)53-31)54-32(46)20-28-15-17-29(42)18-16-28/h15-18,23-27,30-31,34-37,39,47-48,50H,14,19-21H2,1-13H3. The molecule has 2 fully saturated rings. The van der Waals surface area contributed by atoms with Crippen molar-refractivity contribution >= 4 is 23.4 Å². The third kappa shape index (κ3) is 11.4. The van der Waals surface area contributed by atoms with Gasteiger partial charge in [0.1, 0.15) is 29.7 Å². The molecular weight excluding hydrogens is 713 g/mol. The van der Waals surface area contributed by atoms with E-state index >= 15 is 0 Å². The van der Waals surface area contributed by atoms with E-state index in [9.17, 15) is 29.3 Å². The quantitative estimate of drug-likeness (QED) is 0.180. The molecule has 0 radical (unpaired) electrons. The number of cyclic esters (lactones) is 1. The van der Waals surface area contributed by atoms with Crippen molar-refractivity contribution in [2.45, 2.75) is 155 Å². The number of hydrogen-bond acceptors (Lipinski definition) is 13. The van der Waals surface area contributed by atoms with Crippen LogP contribution in [0.3, 0.4) is 0 Å². The van der Waals surface area contributed by atoms with Gasteiger partial charge in [0.05, 0.1) is 36.3 Å². The molecule has 55 heavy (non-hydrogen) atoms. The van der Waals surface area contributed by atoms with Crippen molar-refractivity contribution in [3.63, 3.8) is 0 Å².